The lowest BCUT2D eigenvalue weighted by Gasteiger charge is -2.11. The van der Waals surface area contributed by atoms with E-state index in [1.54, 1.807) is 0 Å². The molecule has 1 aliphatic heterocycles. The number of benzene rings is 4. The van der Waals surface area contributed by atoms with E-state index in [9.17, 15) is 0 Å². The Hall–Kier alpha value is -5.41. The van der Waals surface area contributed by atoms with Crippen molar-refractivity contribution in [2.45, 2.75) is 34.1 Å². The molecular weight excluding hydrogens is 560 g/mol. The second kappa shape index (κ2) is 11.8. The van der Waals surface area contributed by atoms with Crippen molar-refractivity contribution in [2.24, 2.45) is 5.73 Å². The molecule has 0 aliphatic carbocycles. The molecule has 2 aromatic heterocycles. The van der Waals surface area contributed by atoms with Crippen molar-refractivity contribution in [3.05, 3.63) is 138 Å². The zero-order valence-corrected chi connectivity index (χ0v) is 27.0. The van der Waals surface area contributed by atoms with E-state index >= 15 is 0 Å². The summed E-state index contributed by atoms with van der Waals surface area (Å²) in [7, 11) is 0. The van der Waals surface area contributed by atoms with Gasteiger partial charge in [-0.05, 0) is 104 Å². The fourth-order valence-corrected chi connectivity index (χ4v) is 6.85. The van der Waals surface area contributed by atoms with Crippen molar-refractivity contribution in [3.63, 3.8) is 0 Å². The molecule has 3 N–H and O–H groups in total. The number of hydrogen-bond donors (Lipinski definition) is 2. The third-order valence-electron chi connectivity index (χ3n) is 9.09. The summed E-state index contributed by atoms with van der Waals surface area (Å²) in [5.41, 5.74) is 20.9. The second-order valence-electron chi connectivity index (χ2n) is 12.3. The van der Waals surface area contributed by atoms with Crippen molar-refractivity contribution >= 4 is 55.7 Å². The van der Waals surface area contributed by atoms with E-state index in [-0.39, 0.29) is 0 Å². The predicted molar refractivity (Wildman–Crippen MR) is 200 cm³/mol. The van der Waals surface area contributed by atoms with Gasteiger partial charge in [-0.1, -0.05) is 77.5 Å². The number of nitrogens with zero attached hydrogens (tertiary/aromatic N) is 2. The van der Waals surface area contributed by atoms with Crippen LogP contribution in [0.15, 0.2) is 127 Å². The molecule has 3 heterocycles. The van der Waals surface area contributed by atoms with Crippen molar-refractivity contribution in [2.75, 3.05) is 6.54 Å². The van der Waals surface area contributed by atoms with Crippen LogP contribution in [-0.4, -0.2) is 28.0 Å². The summed E-state index contributed by atoms with van der Waals surface area (Å²) in [6, 6.07) is 31.1. The average molecular weight is 600 g/mol. The summed E-state index contributed by atoms with van der Waals surface area (Å²) in [6.07, 6.45) is 9.17. The normalized spacial score (nSPS) is 13.1. The minimum atomic E-state index is 0.629. The minimum absolute atomic E-state index is 0.629. The molecule has 6 aromatic rings. The van der Waals surface area contributed by atoms with Gasteiger partial charge in [0.2, 0.25) is 0 Å². The number of para-hydroxylation sites is 1. The first kappa shape index (κ1) is 29.3. The molecule has 0 radical (unpaired) electrons. The number of H-pyrrole nitrogens is 1. The molecule has 4 nitrogen and oxygen atoms in total. The van der Waals surface area contributed by atoms with Crippen LogP contribution in [0.2, 0.25) is 0 Å². The first-order chi connectivity index (χ1) is 22.4. The van der Waals surface area contributed by atoms with E-state index in [0.717, 1.165) is 45.8 Å². The highest BCUT2D eigenvalue weighted by Gasteiger charge is 2.22. The van der Waals surface area contributed by atoms with Crippen LogP contribution < -0.4 is 10.4 Å². The lowest BCUT2D eigenvalue weighted by Crippen LogP contribution is -2.01. The van der Waals surface area contributed by atoms with Gasteiger partial charge in [-0.3, -0.25) is 0 Å². The van der Waals surface area contributed by atoms with E-state index in [2.05, 4.69) is 133 Å². The molecule has 0 bridgehead atoms. The molecule has 0 atom stereocenters. The summed E-state index contributed by atoms with van der Waals surface area (Å²) in [4.78, 5) is 3.52. The first-order valence-corrected chi connectivity index (χ1v) is 16.0. The van der Waals surface area contributed by atoms with Crippen molar-refractivity contribution in [1.29, 1.82) is 0 Å². The summed E-state index contributed by atoms with van der Waals surface area (Å²) >= 11 is 0. The number of rotatable bonds is 8. The topological polar surface area (TPSA) is 60.8 Å². The maximum Gasteiger partial charge on any atom is 0.335 e. The Morgan fingerprint density at radius 1 is 0.870 bits per heavy atom. The quantitative estimate of drug-likeness (QED) is 0.133. The number of allylic oxidation sites excluding steroid dienone is 6. The van der Waals surface area contributed by atoms with Crippen LogP contribution in [0, 0.1) is 0 Å². The third-order valence-corrected chi connectivity index (χ3v) is 9.09. The number of nitrogens with two attached hydrogens (primary N) is 1. The molecule has 0 spiro atoms. The summed E-state index contributed by atoms with van der Waals surface area (Å²) in [5, 5.41) is 4.90. The maximum absolute atomic E-state index is 5.94. The van der Waals surface area contributed by atoms with Crippen LogP contribution in [0.5, 0.6) is 0 Å². The van der Waals surface area contributed by atoms with E-state index in [1.165, 1.54) is 54.9 Å². The van der Waals surface area contributed by atoms with Gasteiger partial charge in [-0.25, -0.2) is 0 Å². The Morgan fingerprint density at radius 3 is 2.37 bits per heavy atom. The molecule has 0 unspecified atom stereocenters. The Balaban J connectivity index is 1.39. The molecule has 4 aromatic carbocycles. The van der Waals surface area contributed by atoms with Gasteiger partial charge >= 0.3 is 11.9 Å². The van der Waals surface area contributed by atoms with Crippen molar-refractivity contribution in [3.8, 4) is 16.8 Å². The number of aromatic nitrogens is 2. The highest BCUT2D eigenvalue weighted by atomic mass is 15.0. The van der Waals surface area contributed by atoms with E-state index in [0.29, 0.717) is 6.54 Å². The zero-order valence-electron chi connectivity index (χ0n) is 27.0. The molecule has 7 rings (SSSR count). The molecular formula is C42H39N4+. The lowest BCUT2D eigenvalue weighted by atomic mass is 9.97. The number of fused-ring (bicyclic) bond motifs is 5. The van der Waals surface area contributed by atoms with E-state index in [4.69, 9.17) is 10.4 Å². The smallest absolute Gasteiger partial charge is 0.335 e. The van der Waals surface area contributed by atoms with E-state index < -0.39 is 0 Å². The maximum atomic E-state index is 5.94. The molecule has 4 heteroatoms. The molecule has 226 valence electrons. The van der Waals surface area contributed by atoms with Gasteiger partial charge in [-0.2, -0.15) is 0 Å². The van der Waals surface area contributed by atoms with Crippen LogP contribution in [0.25, 0.3) is 60.5 Å². The molecule has 46 heavy (non-hydrogen) atoms. The van der Waals surface area contributed by atoms with Gasteiger partial charge in [-0.15, -0.1) is 0 Å². The average Bonchev–Trinajstić information content (AvgIpc) is 3.82. The van der Waals surface area contributed by atoms with Gasteiger partial charge in [0.25, 0.3) is 0 Å². The third kappa shape index (κ3) is 4.98. The second-order valence-corrected chi connectivity index (χ2v) is 12.3. The minimum Gasteiger partial charge on any atom is -0.361 e. The summed E-state index contributed by atoms with van der Waals surface area (Å²) < 4.78 is 7.14. The van der Waals surface area contributed by atoms with Crippen LogP contribution in [0.1, 0.15) is 45.4 Å². The lowest BCUT2D eigenvalue weighted by molar-refractivity contribution is 1.00. The van der Waals surface area contributed by atoms with Crippen LogP contribution >= 0.6 is 0 Å². The Morgan fingerprint density at radius 2 is 1.63 bits per heavy atom. The monoisotopic (exact) mass is 599 g/mol. The van der Waals surface area contributed by atoms with Gasteiger partial charge in [0, 0.05) is 39.8 Å². The predicted octanol–water partition coefficient (Wildman–Crippen LogP) is 9.57. The SMILES string of the molecule is C=C(C)/C(=C\C)C1=[N+]=CC(c2ccc3c(ccc4c5ccc(-c6c[nH]c(C(CCN)=C(C)C)c6)cc5n(-c5ccccc5)c34)c2)=C1. The van der Waals surface area contributed by atoms with E-state index in [1.807, 2.05) is 20.1 Å². The van der Waals surface area contributed by atoms with Gasteiger partial charge in [0.15, 0.2) is 0 Å². The number of hydrogen-bond acceptors (Lipinski definition) is 1. The molecule has 0 saturated carbocycles. The first-order valence-electron chi connectivity index (χ1n) is 16.0. The van der Waals surface area contributed by atoms with Crippen molar-refractivity contribution < 1.29 is 0 Å². The largest absolute Gasteiger partial charge is 0.361 e. The standard InChI is InChI=1S/C42H38N4/c1-6-34(26(2)3)39-21-31(24-44-39)28-12-15-36-30(20-28)14-17-38-37-16-13-29(32-22-40(45-25-32)35(18-19-43)27(4)5)23-41(37)46(42(36)38)33-10-8-7-9-11-33/h6-17,20-25H,2,18-19,43H2,1,3-5H3/p+1/b34-6+. The Labute approximate surface area is 270 Å². The van der Waals surface area contributed by atoms with Gasteiger partial charge in [0.05, 0.1) is 22.2 Å². The number of aromatic amines is 1. The van der Waals surface area contributed by atoms with Crippen LogP contribution in [0.4, 0.5) is 0 Å². The van der Waals surface area contributed by atoms with Gasteiger partial charge < -0.3 is 15.3 Å². The number of nitrogens with one attached hydrogen (secondary N) is 1. The van der Waals surface area contributed by atoms with Crippen LogP contribution in [0.3, 0.4) is 0 Å². The summed E-state index contributed by atoms with van der Waals surface area (Å²) in [6.45, 7) is 13.1. The van der Waals surface area contributed by atoms with Crippen molar-refractivity contribution in [1.82, 2.24) is 14.2 Å². The highest BCUT2D eigenvalue weighted by molar-refractivity contribution is 6.28. The summed E-state index contributed by atoms with van der Waals surface area (Å²) in [5.74, 6) is 0. The Kier molecular flexibility index (Phi) is 7.54. The van der Waals surface area contributed by atoms with Gasteiger partial charge in [0.1, 0.15) is 0 Å². The fourth-order valence-electron chi connectivity index (χ4n) is 6.85. The fraction of sp³-hybridized carbons (Fsp3) is 0.143. The zero-order chi connectivity index (χ0) is 31.9. The molecule has 0 fully saturated rings. The molecule has 0 saturated heterocycles. The van der Waals surface area contributed by atoms with Crippen LogP contribution in [-0.2, 0) is 0 Å². The molecule has 0 amide bonds. The Bertz CT molecular complexity index is 2340. The highest BCUT2D eigenvalue weighted by Crippen LogP contribution is 2.39. The molecule has 1 aliphatic rings.